The van der Waals surface area contributed by atoms with Crippen LogP contribution >= 0.6 is 23.5 Å². The van der Waals surface area contributed by atoms with E-state index in [9.17, 15) is 10.2 Å². The quantitative estimate of drug-likeness (QED) is 0.697. The Morgan fingerprint density at radius 1 is 1.14 bits per heavy atom. The first-order chi connectivity index (χ1) is 9.92. The van der Waals surface area contributed by atoms with Gasteiger partial charge in [-0.2, -0.15) is 0 Å². The smallest absolute Gasteiger partial charge is 0.192 e. The Bertz CT molecular complexity index is 350. The predicted octanol–water partition coefficient (Wildman–Crippen LogP) is 3.95. The van der Waals surface area contributed by atoms with E-state index in [0.29, 0.717) is 0 Å². The first kappa shape index (κ1) is 20.8. The molecule has 1 heterocycles. The second kappa shape index (κ2) is 7.79. The van der Waals surface area contributed by atoms with Gasteiger partial charge in [0.25, 0.3) is 0 Å². The van der Waals surface area contributed by atoms with E-state index in [0.717, 1.165) is 11.5 Å². The Morgan fingerprint density at radius 2 is 1.64 bits per heavy atom. The Balaban J connectivity index is 2.98. The molecule has 1 fully saturated rings. The van der Waals surface area contributed by atoms with Crippen molar-refractivity contribution in [1.82, 2.24) is 0 Å². The Morgan fingerprint density at radius 3 is 2.05 bits per heavy atom. The second-order valence-electron chi connectivity index (χ2n) is 8.40. The summed E-state index contributed by atoms with van der Waals surface area (Å²) in [6.45, 7) is 15.0. The molecule has 0 saturated carbocycles. The summed E-state index contributed by atoms with van der Waals surface area (Å²) in [6.07, 6.45) is 0.323. The highest BCUT2D eigenvalue weighted by molar-refractivity contribution is 8.17. The normalized spacial score (nSPS) is 21.7. The number of rotatable bonds is 6. The van der Waals surface area contributed by atoms with Gasteiger partial charge < -0.3 is 14.6 Å². The van der Waals surface area contributed by atoms with Crippen LogP contribution in [0.2, 0.25) is 18.1 Å². The van der Waals surface area contributed by atoms with Gasteiger partial charge in [-0.1, -0.05) is 34.6 Å². The summed E-state index contributed by atoms with van der Waals surface area (Å²) in [5.41, 5.74) is -0.451. The number of hydrogen-bond acceptors (Lipinski definition) is 5. The molecule has 1 aliphatic heterocycles. The standard InChI is InChI=1S/C16H34O3S2Si/c1-15(2,3)22(6,7)19-13(16(4,5)11-17)12(18)14-20-9-8-10-21-14/h12-14,17-18H,8-11H2,1-7H3/t12-,13+/m1/s1. The van der Waals surface area contributed by atoms with E-state index in [2.05, 4.69) is 33.9 Å². The molecular weight excluding hydrogens is 332 g/mol. The van der Waals surface area contributed by atoms with E-state index >= 15 is 0 Å². The number of aliphatic hydroxyl groups is 2. The lowest BCUT2D eigenvalue weighted by atomic mass is 9.85. The van der Waals surface area contributed by atoms with Gasteiger partial charge in [-0.3, -0.25) is 0 Å². The third kappa shape index (κ3) is 5.15. The van der Waals surface area contributed by atoms with Crippen LogP contribution in [0.25, 0.3) is 0 Å². The molecule has 1 rings (SSSR count). The average Bonchev–Trinajstić information content (AvgIpc) is 2.43. The van der Waals surface area contributed by atoms with Gasteiger partial charge in [-0.05, 0) is 36.1 Å². The van der Waals surface area contributed by atoms with Crippen LogP contribution in [0.15, 0.2) is 0 Å². The molecule has 0 aromatic heterocycles. The highest BCUT2D eigenvalue weighted by Crippen LogP contribution is 2.43. The van der Waals surface area contributed by atoms with E-state index in [-0.39, 0.29) is 22.3 Å². The molecule has 0 amide bonds. The molecule has 132 valence electrons. The highest BCUT2D eigenvalue weighted by atomic mass is 32.2. The molecule has 3 nitrogen and oxygen atoms in total. The summed E-state index contributed by atoms with van der Waals surface area (Å²) in [6, 6.07) is 0. The molecule has 1 saturated heterocycles. The molecule has 2 atom stereocenters. The summed E-state index contributed by atoms with van der Waals surface area (Å²) in [5, 5.41) is 20.9. The minimum Gasteiger partial charge on any atom is -0.411 e. The molecular formula is C16H34O3S2Si. The van der Waals surface area contributed by atoms with Crippen LogP contribution in [-0.4, -0.2) is 53.4 Å². The first-order valence-corrected chi connectivity index (χ1v) is 13.1. The van der Waals surface area contributed by atoms with Gasteiger partial charge in [0.1, 0.15) is 6.10 Å². The molecule has 0 aromatic carbocycles. The fourth-order valence-corrected chi connectivity index (χ4v) is 6.48. The summed E-state index contributed by atoms with van der Waals surface area (Å²) >= 11 is 3.65. The van der Waals surface area contributed by atoms with E-state index < -0.39 is 19.8 Å². The van der Waals surface area contributed by atoms with Crippen LogP contribution in [0.1, 0.15) is 41.0 Å². The number of hydrogen-bond donors (Lipinski definition) is 2. The predicted molar refractivity (Wildman–Crippen MR) is 102 cm³/mol. The number of aliphatic hydroxyl groups excluding tert-OH is 2. The van der Waals surface area contributed by atoms with Crippen molar-refractivity contribution < 1.29 is 14.6 Å². The number of thioether (sulfide) groups is 2. The maximum atomic E-state index is 11.0. The minimum atomic E-state index is -2.01. The van der Waals surface area contributed by atoms with Crippen molar-refractivity contribution in [2.24, 2.45) is 5.41 Å². The van der Waals surface area contributed by atoms with Gasteiger partial charge in [0.2, 0.25) is 0 Å². The van der Waals surface area contributed by atoms with Gasteiger partial charge in [0.15, 0.2) is 8.32 Å². The van der Waals surface area contributed by atoms with Crippen molar-refractivity contribution >= 4 is 31.8 Å². The SMILES string of the molecule is CC(C)(CO)[C@@H](O[Si](C)(C)C(C)(C)C)[C@@H](O)C1SCCCS1. The monoisotopic (exact) mass is 366 g/mol. The van der Waals surface area contributed by atoms with E-state index in [4.69, 9.17) is 4.43 Å². The van der Waals surface area contributed by atoms with Crippen molar-refractivity contribution in [2.45, 2.75) is 76.0 Å². The van der Waals surface area contributed by atoms with Crippen molar-refractivity contribution in [1.29, 1.82) is 0 Å². The molecule has 2 N–H and O–H groups in total. The lowest BCUT2D eigenvalue weighted by Crippen LogP contribution is -2.55. The van der Waals surface area contributed by atoms with Crippen molar-refractivity contribution in [3.05, 3.63) is 0 Å². The van der Waals surface area contributed by atoms with Gasteiger partial charge in [-0.25, -0.2) is 0 Å². The van der Waals surface area contributed by atoms with Crippen molar-refractivity contribution in [2.75, 3.05) is 18.1 Å². The summed E-state index contributed by atoms with van der Waals surface area (Å²) in [7, 11) is -2.01. The molecule has 0 spiro atoms. The third-order valence-corrected chi connectivity index (χ3v) is 12.4. The molecule has 0 unspecified atom stereocenters. The zero-order valence-electron chi connectivity index (χ0n) is 15.2. The largest absolute Gasteiger partial charge is 0.411 e. The zero-order chi connectivity index (χ0) is 17.2. The van der Waals surface area contributed by atoms with Gasteiger partial charge in [0, 0.05) is 5.41 Å². The second-order valence-corrected chi connectivity index (χ2v) is 16.0. The average molecular weight is 367 g/mol. The minimum absolute atomic E-state index is 0.0192. The van der Waals surface area contributed by atoms with Crippen molar-refractivity contribution in [3.8, 4) is 0 Å². The lowest BCUT2D eigenvalue weighted by Gasteiger charge is -2.46. The van der Waals surface area contributed by atoms with Crippen LogP contribution in [0.3, 0.4) is 0 Å². The molecule has 1 aliphatic rings. The lowest BCUT2D eigenvalue weighted by molar-refractivity contribution is -0.0558. The maximum Gasteiger partial charge on any atom is 0.192 e. The van der Waals surface area contributed by atoms with Gasteiger partial charge >= 0.3 is 0 Å². The first-order valence-electron chi connectivity index (χ1n) is 8.12. The molecule has 0 bridgehead atoms. The van der Waals surface area contributed by atoms with E-state index in [1.54, 1.807) is 0 Å². The molecule has 22 heavy (non-hydrogen) atoms. The highest BCUT2D eigenvalue weighted by Gasteiger charge is 2.47. The van der Waals surface area contributed by atoms with Crippen LogP contribution in [0.4, 0.5) is 0 Å². The molecule has 0 radical (unpaired) electrons. The Labute approximate surface area is 146 Å². The third-order valence-electron chi connectivity index (χ3n) is 4.85. The molecule has 0 aromatic rings. The summed E-state index contributed by atoms with van der Waals surface area (Å²) in [4.78, 5) is 0. The van der Waals surface area contributed by atoms with Gasteiger partial charge in [0.05, 0.1) is 17.3 Å². The molecule has 0 aliphatic carbocycles. The Hall–Kier alpha value is 0.797. The van der Waals surface area contributed by atoms with Crippen molar-refractivity contribution in [3.63, 3.8) is 0 Å². The van der Waals surface area contributed by atoms with Crippen LogP contribution in [-0.2, 0) is 4.43 Å². The summed E-state index contributed by atoms with van der Waals surface area (Å²) < 4.78 is 6.72. The van der Waals surface area contributed by atoms with Crippen LogP contribution < -0.4 is 0 Å². The van der Waals surface area contributed by atoms with Crippen LogP contribution in [0.5, 0.6) is 0 Å². The van der Waals surface area contributed by atoms with E-state index in [1.807, 2.05) is 37.4 Å². The summed E-state index contributed by atoms with van der Waals surface area (Å²) in [5.74, 6) is 2.20. The topological polar surface area (TPSA) is 49.7 Å². The maximum absolute atomic E-state index is 11.0. The fourth-order valence-electron chi connectivity index (χ4n) is 2.12. The van der Waals surface area contributed by atoms with Crippen LogP contribution in [0, 0.1) is 5.41 Å². The fraction of sp³-hybridized carbons (Fsp3) is 1.00. The Kier molecular flexibility index (Phi) is 7.38. The van der Waals surface area contributed by atoms with Gasteiger partial charge in [-0.15, -0.1) is 23.5 Å². The van der Waals surface area contributed by atoms with E-state index in [1.165, 1.54) is 6.42 Å². The zero-order valence-corrected chi connectivity index (χ0v) is 17.8. The molecule has 6 heteroatoms.